The van der Waals surface area contributed by atoms with E-state index in [0.717, 1.165) is 5.56 Å². The lowest BCUT2D eigenvalue weighted by Gasteiger charge is -2.16. The number of alkyl halides is 3. The maximum atomic E-state index is 11.9. The van der Waals surface area contributed by atoms with Crippen LogP contribution < -0.4 is 10.6 Å². The Morgan fingerprint density at radius 3 is 2.50 bits per heavy atom. The highest BCUT2D eigenvalue weighted by molar-refractivity contribution is 5.95. The van der Waals surface area contributed by atoms with Gasteiger partial charge in [0, 0.05) is 18.2 Å². The van der Waals surface area contributed by atoms with Gasteiger partial charge in [-0.3, -0.25) is 4.79 Å². The van der Waals surface area contributed by atoms with E-state index in [4.69, 9.17) is 0 Å². The number of nitrogens with one attached hydrogen (secondary N) is 2. The Balaban J connectivity index is 2.37. The van der Waals surface area contributed by atoms with E-state index in [9.17, 15) is 22.8 Å². The summed E-state index contributed by atoms with van der Waals surface area (Å²) in [5.74, 6) is -0.324. The summed E-state index contributed by atoms with van der Waals surface area (Å²) in [5.41, 5.74) is 1.29. The molecular formula is C14H17F3N2O3. The van der Waals surface area contributed by atoms with Crippen molar-refractivity contribution in [3.8, 4) is 0 Å². The molecule has 1 aromatic carbocycles. The lowest BCUT2D eigenvalue weighted by Crippen LogP contribution is -2.42. The van der Waals surface area contributed by atoms with Gasteiger partial charge in [0.05, 0.1) is 0 Å². The fourth-order valence-electron chi connectivity index (χ4n) is 1.61. The number of carbonyl (C=O) groups is 2. The van der Waals surface area contributed by atoms with Crippen LogP contribution in [0.2, 0.25) is 0 Å². The Morgan fingerprint density at radius 1 is 1.27 bits per heavy atom. The second-order valence-electron chi connectivity index (χ2n) is 4.76. The minimum absolute atomic E-state index is 0.0638. The van der Waals surface area contributed by atoms with Crippen LogP contribution in [0.1, 0.15) is 22.8 Å². The minimum atomic E-state index is -4.57. The molecule has 0 aromatic heterocycles. The molecule has 1 aromatic rings. The van der Waals surface area contributed by atoms with Gasteiger partial charge in [-0.15, -0.1) is 0 Å². The molecule has 122 valence electrons. The minimum Gasteiger partial charge on any atom is -0.440 e. The standard InChI is InChI=1S/C14H17F3N2O3/c1-9-5-3-4-6-11(9)12(20)18-7-10(2)19-13(21)22-8-14(15,16)17/h3-6,10H,7-8H2,1-2H3,(H,18,20)(H,19,21)/t10-/m0/s1. The molecule has 0 unspecified atom stereocenters. The highest BCUT2D eigenvalue weighted by Gasteiger charge is 2.29. The number of carbonyl (C=O) groups excluding carboxylic acids is 2. The van der Waals surface area contributed by atoms with Gasteiger partial charge in [0.2, 0.25) is 0 Å². The van der Waals surface area contributed by atoms with E-state index in [1.807, 2.05) is 0 Å². The van der Waals surface area contributed by atoms with Crippen molar-refractivity contribution in [1.29, 1.82) is 0 Å². The molecule has 8 heteroatoms. The molecule has 0 fully saturated rings. The van der Waals surface area contributed by atoms with Crippen molar-refractivity contribution < 1.29 is 27.5 Å². The highest BCUT2D eigenvalue weighted by Crippen LogP contribution is 2.14. The Bertz CT molecular complexity index is 532. The van der Waals surface area contributed by atoms with Gasteiger partial charge in [0.15, 0.2) is 6.61 Å². The average molecular weight is 318 g/mol. The van der Waals surface area contributed by atoms with Crippen molar-refractivity contribution in [2.45, 2.75) is 26.1 Å². The van der Waals surface area contributed by atoms with Crippen LogP contribution in [-0.4, -0.2) is 37.4 Å². The first-order chi connectivity index (χ1) is 10.2. The third-order valence-corrected chi connectivity index (χ3v) is 2.69. The van der Waals surface area contributed by atoms with Crippen molar-refractivity contribution in [1.82, 2.24) is 10.6 Å². The summed E-state index contributed by atoms with van der Waals surface area (Å²) in [6.45, 7) is 1.73. The van der Waals surface area contributed by atoms with E-state index in [-0.39, 0.29) is 12.5 Å². The molecule has 0 aliphatic carbocycles. The molecule has 0 spiro atoms. The molecule has 0 heterocycles. The number of aryl methyl sites for hydroxylation is 1. The number of alkyl carbamates (subject to hydrolysis) is 1. The normalized spacial score (nSPS) is 12.4. The SMILES string of the molecule is Cc1ccccc1C(=O)NC[C@H](C)NC(=O)OCC(F)(F)F. The van der Waals surface area contributed by atoms with Gasteiger partial charge in [-0.25, -0.2) is 4.79 Å². The van der Waals surface area contributed by atoms with Gasteiger partial charge in [-0.05, 0) is 25.5 Å². The quantitative estimate of drug-likeness (QED) is 0.876. The number of rotatable bonds is 5. The lowest BCUT2D eigenvalue weighted by atomic mass is 10.1. The van der Waals surface area contributed by atoms with Gasteiger partial charge in [0.25, 0.3) is 5.91 Å². The van der Waals surface area contributed by atoms with E-state index < -0.39 is 24.9 Å². The summed E-state index contributed by atoms with van der Waals surface area (Å²) in [5, 5.41) is 4.78. The molecule has 0 bridgehead atoms. The van der Waals surface area contributed by atoms with Crippen LogP contribution in [0.5, 0.6) is 0 Å². The molecule has 2 amide bonds. The predicted molar refractivity (Wildman–Crippen MR) is 73.5 cm³/mol. The van der Waals surface area contributed by atoms with Crippen molar-refractivity contribution in [3.63, 3.8) is 0 Å². The van der Waals surface area contributed by atoms with Crippen LogP contribution >= 0.6 is 0 Å². The third kappa shape index (κ3) is 6.47. The third-order valence-electron chi connectivity index (χ3n) is 2.69. The summed E-state index contributed by atoms with van der Waals surface area (Å²) in [7, 11) is 0. The Labute approximate surface area is 125 Å². The fraction of sp³-hybridized carbons (Fsp3) is 0.429. The van der Waals surface area contributed by atoms with Gasteiger partial charge >= 0.3 is 12.3 Å². The number of benzene rings is 1. The van der Waals surface area contributed by atoms with E-state index in [2.05, 4.69) is 15.4 Å². The van der Waals surface area contributed by atoms with Crippen LogP contribution in [0.3, 0.4) is 0 Å². The van der Waals surface area contributed by atoms with E-state index in [1.165, 1.54) is 6.92 Å². The molecule has 0 aliphatic rings. The largest absolute Gasteiger partial charge is 0.440 e. The Hall–Kier alpha value is -2.25. The van der Waals surface area contributed by atoms with Gasteiger partial charge in [0.1, 0.15) is 0 Å². The van der Waals surface area contributed by atoms with E-state index in [1.54, 1.807) is 31.2 Å². The number of hydrogen-bond acceptors (Lipinski definition) is 3. The number of ether oxygens (including phenoxy) is 1. The molecule has 0 radical (unpaired) electrons. The molecule has 0 saturated heterocycles. The number of hydrogen-bond donors (Lipinski definition) is 2. The topological polar surface area (TPSA) is 67.4 Å². The Morgan fingerprint density at radius 2 is 1.91 bits per heavy atom. The zero-order chi connectivity index (χ0) is 16.8. The molecule has 2 N–H and O–H groups in total. The molecule has 1 atom stereocenters. The highest BCUT2D eigenvalue weighted by atomic mass is 19.4. The molecular weight excluding hydrogens is 301 g/mol. The summed E-state index contributed by atoms with van der Waals surface area (Å²) < 4.78 is 39.6. The van der Waals surface area contributed by atoms with Crippen molar-refractivity contribution in [3.05, 3.63) is 35.4 Å². The molecule has 0 aliphatic heterocycles. The number of halogens is 3. The second kappa shape index (κ2) is 7.67. The molecule has 5 nitrogen and oxygen atoms in total. The van der Waals surface area contributed by atoms with E-state index >= 15 is 0 Å². The monoisotopic (exact) mass is 318 g/mol. The van der Waals surface area contributed by atoms with Gasteiger partial charge in [-0.2, -0.15) is 13.2 Å². The maximum Gasteiger partial charge on any atom is 0.422 e. The predicted octanol–water partition coefficient (Wildman–Crippen LogP) is 2.40. The van der Waals surface area contributed by atoms with Crippen LogP contribution in [0.15, 0.2) is 24.3 Å². The maximum absolute atomic E-state index is 11.9. The second-order valence-corrected chi connectivity index (χ2v) is 4.76. The lowest BCUT2D eigenvalue weighted by molar-refractivity contribution is -0.160. The van der Waals surface area contributed by atoms with Crippen molar-refractivity contribution in [2.24, 2.45) is 0 Å². The van der Waals surface area contributed by atoms with Crippen molar-refractivity contribution in [2.75, 3.05) is 13.2 Å². The first-order valence-electron chi connectivity index (χ1n) is 6.53. The summed E-state index contributed by atoms with van der Waals surface area (Å²) in [6, 6.07) is 6.38. The van der Waals surface area contributed by atoms with Crippen LogP contribution in [0.4, 0.5) is 18.0 Å². The zero-order valence-corrected chi connectivity index (χ0v) is 12.2. The zero-order valence-electron chi connectivity index (χ0n) is 12.2. The first-order valence-corrected chi connectivity index (χ1v) is 6.53. The number of amides is 2. The molecule has 1 rings (SSSR count). The smallest absolute Gasteiger partial charge is 0.422 e. The fourth-order valence-corrected chi connectivity index (χ4v) is 1.61. The van der Waals surface area contributed by atoms with Gasteiger partial charge < -0.3 is 15.4 Å². The van der Waals surface area contributed by atoms with E-state index in [0.29, 0.717) is 5.56 Å². The first kappa shape index (κ1) is 17.8. The van der Waals surface area contributed by atoms with Gasteiger partial charge in [-0.1, -0.05) is 18.2 Å². The summed E-state index contributed by atoms with van der Waals surface area (Å²) in [6.07, 6.45) is -5.76. The van der Waals surface area contributed by atoms with Crippen LogP contribution in [-0.2, 0) is 4.74 Å². The van der Waals surface area contributed by atoms with Crippen LogP contribution in [0, 0.1) is 6.92 Å². The molecule has 22 heavy (non-hydrogen) atoms. The average Bonchev–Trinajstić information content (AvgIpc) is 2.42. The van der Waals surface area contributed by atoms with Crippen molar-refractivity contribution >= 4 is 12.0 Å². The molecule has 0 saturated carbocycles. The summed E-state index contributed by atoms with van der Waals surface area (Å²) in [4.78, 5) is 23.0. The summed E-state index contributed by atoms with van der Waals surface area (Å²) >= 11 is 0. The Kier molecular flexibility index (Phi) is 6.21. The van der Waals surface area contributed by atoms with Crippen LogP contribution in [0.25, 0.3) is 0 Å².